The number of hydrogen-bond acceptors (Lipinski definition) is 4. The summed E-state index contributed by atoms with van der Waals surface area (Å²) in [5, 5.41) is 10.6. The average Bonchev–Trinajstić information content (AvgIpc) is 2.86. The fourth-order valence-electron chi connectivity index (χ4n) is 1.72. The number of carbonyl (C=O) groups excluding carboxylic acids is 1. The van der Waals surface area contributed by atoms with Gasteiger partial charge in [0.15, 0.2) is 0 Å². The fraction of sp³-hybridized carbons (Fsp3) is 0.167. The summed E-state index contributed by atoms with van der Waals surface area (Å²) in [4.78, 5) is 25.5. The molecule has 1 unspecified atom stereocenters. The minimum absolute atomic E-state index is 0.00445. The summed E-state index contributed by atoms with van der Waals surface area (Å²) in [6, 6.07) is 5.43. The van der Waals surface area contributed by atoms with Crippen molar-refractivity contribution in [2.24, 2.45) is 5.73 Å². The molecule has 19 heavy (non-hydrogen) atoms. The number of imidazole rings is 1. The van der Waals surface area contributed by atoms with Gasteiger partial charge >= 0.3 is 0 Å². The van der Waals surface area contributed by atoms with E-state index in [2.05, 4.69) is 4.98 Å². The molecule has 1 aromatic carbocycles. The van der Waals surface area contributed by atoms with Crippen LogP contribution in [0.1, 0.15) is 13.0 Å². The Hall–Kier alpha value is -2.70. The van der Waals surface area contributed by atoms with Gasteiger partial charge in [-0.15, -0.1) is 0 Å². The highest BCUT2D eigenvalue weighted by molar-refractivity contribution is 5.78. The van der Waals surface area contributed by atoms with E-state index in [1.807, 2.05) is 0 Å². The minimum atomic E-state index is -0.535. The van der Waals surface area contributed by atoms with Crippen LogP contribution in [0.15, 0.2) is 36.7 Å². The van der Waals surface area contributed by atoms with Gasteiger partial charge in [-0.25, -0.2) is 4.98 Å². The van der Waals surface area contributed by atoms with Crippen LogP contribution in [0.5, 0.6) is 0 Å². The van der Waals surface area contributed by atoms with Crippen molar-refractivity contribution in [3.63, 3.8) is 0 Å². The molecule has 1 heterocycles. The van der Waals surface area contributed by atoms with Gasteiger partial charge in [0, 0.05) is 30.1 Å². The van der Waals surface area contributed by atoms with Crippen molar-refractivity contribution < 1.29 is 9.72 Å². The molecule has 0 aliphatic carbocycles. The van der Waals surface area contributed by atoms with Gasteiger partial charge in [0.05, 0.1) is 4.92 Å². The summed E-state index contributed by atoms with van der Waals surface area (Å²) in [7, 11) is 0. The molecule has 1 atom stereocenters. The number of hydrogen-bond donors (Lipinski definition) is 1. The van der Waals surface area contributed by atoms with E-state index >= 15 is 0 Å². The molecule has 0 aliphatic heterocycles. The largest absolute Gasteiger partial charge is 0.368 e. The predicted molar refractivity (Wildman–Crippen MR) is 68.2 cm³/mol. The van der Waals surface area contributed by atoms with E-state index in [0.29, 0.717) is 11.4 Å². The number of nitrogens with two attached hydrogens (primary N) is 1. The van der Waals surface area contributed by atoms with Crippen molar-refractivity contribution in [1.29, 1.82) is 0 Å². The monoisotopic (exact) mass is 260 g/mol. The first-order chi connectivity index (χ1) is 9.00. The van der Waals surface area contributed by atoms with Crippen molar-refractivity contribution in [1.82, 2.24) is 9.55 Å². The topological polar surface area (TPSA) is 104 Å². The first kappa shape index (κ1) is 12.7. The maximum absolute atomic E-state index is 11.2. The second-order valence-corrected chi connectivity index (χ2v) is 4.04. The van der Waals surface area contributed by atoms with E-state index in [4.69, 9.17) is 5.73 Å². The maximum Gasteiger partial charge on any atom is 0.269 e. The predicted octanol–water partition coefficient (Wildman–Crippen LogP) is 1.50. The lowest BCUT2D eigenvalue weighted by Crippen LogP contribution is -2.24. The molecule has 0 aliphatic rings. The first-order valence-electron chi connectivity index (χ1n) is 5.57. The molecule has 7 heteroatoms. The fourth-order valence-corrected chi connectivity index (χ4v) is 1.72. The molecule has 98 valence electrons. The van der Waals surface area contributed by atoms with Gasteiger partial charge in [0.25, 0.3) is 5.69 Å². The summed E-state index contributed by atoms with van der Waals surface area (Å²) in [5.74, 6) is 0.0716. The smallest absolute Gasteiger partial charge is 0.269 e. The van der Waals surface area contributed by atoms with Crippen molar-refractivity contribution >= 4 is 11.6 Å². The zero-order chi connectivity index (χ0) is 14.0. The summed E-state index contributed by atoms with van der Waals surface area (Å²) in [6.07, 6.45) is 3.20. The first-order valence-corrected chi connectivity index (χ1v) is 5.57. The second kappa shape index (κ2) is 4.89. The molecule has 1 aromatic heterocycles. The quantitative estimate of drug-likeness (QED) is 0.664. The van der Waals surface area contributed by atoms with Gasteiger partial charge in [-0.3, -0.25) is 14.9 Å². The summed E-state index contributed by atoms with van der Waals surface area (Å²) in [5.41, 5.74) is 5.95. The molecule has 0 bridgehead atoms. The maximum atomic E-state index is 11.2. The molecule has 7 nitrogen and oxygen atoms in total. The van der Waals surface area contributed by atoms with E-state index in [9.17, 15) is 14.9 Å². The highest BCUT2D eigenvalue weighted by Crippen LogP contribution is 2.23. The lowest BCUT2D eigenvalue weighted by molar-refractivity contribution is -0.384. The van der Waals surface area contributed by atoms with Crippen LogP contribution >= 0.6 is 0 Å². The van der Waals surface area contributed by atoms with E-state index in [1.54, 1.807) is 36.0 Å². The number of amides is 1. The van der Waals surface area contributed by atoms with Crippen molar-refractivity contribution in [2.75, 3.05) is 0 Å². The Kier molecular flexibility index (Phi) is 3.28. The Morgan fingerprint density at radius 1 is 1.42 bits per heavy atom. The minimum Gasteiger partial charge on any atom is -0.368 e. The van der Waals surface area contributed by atoms with Gasteiger partial charge in [-0.2, -0.15) is 0 Å². The molecule has 0 spiro atoms. The number of non-ortho nitro benzene ring substituents is 1. The van der Waals surface area contributed by atoms with Crippen molar-refractivity contribution in [2.45, 2.75) is 13.0 Å². The molecule has 2 rings (SSSR count). The third-order valence-corrected chi connectivity index (χ3v) is 2.83. The van der Waals surface area contributed by atoms with Crippen LogP contribution in [0.3, 0.4) is 0 Å². The van der Waals surface area contributed by atoms with Crippen LogP contribution in [0.25, 0.3) is 11.4 Å². The Morgan fingerprint density at radius 2 is 2.05 bits per heavy atom. The van der Waals surface area contributed by atoms with Gasteiger partial charge < -0.3 is 10.3 Å². The van der Waals surface area contributed by atoms with Crippen LogP contribution in [-0.4, -0.2) is 20.4 Å². The zero-order valence-corrected chi connectivity index (χ0v) is 10.2. The molecule has 0 saturated heterocycles. The lowest BCUT2D eigenvalue weighted by atomic mass is 10.2. The van der Waals surface area contributed by atoms with Crippen LogP contribution < -0.4 is 5.73 Å². The van der Waals surface area contributed by atoms with Gasteiger partial charge in [0.2, 0.25) is 5.91 Å². The second-order valence-electron chi connectivity index (χ2n) is 4.04. The summed E-state index contributed by atoms with van der Waals surface area (Å²) >= 11 is 0. The van der Waals surface area contributed by atoms with Gasteiger partial charge in [-0.05, 0) is 19.1 Å². The number of nitro groups is 1. The molecular formula is C12H12N4O3. The normalized spacial score (nSPS) is 12.1. The van der Waals surface area contributed by atoms with E-state index in [1.165, 1.54) is 12.1 Å². The average molecular weight is 260 g/mol. The number of nitrogens with zero attached hydrogens (tertiary/aromatic N) is 3. The number of carbonyl (C=O) groups is 1. The number of nitro benzene ring substituents is 1. The molecular weight excluding hydrogens is 248 g/mol. The van der Waals surface area contributed by atoms with Crippen LogP contribution in [0, 0.1) is 10.1 Å². The van der Waals surface area contributed by atoms with Crippen molar-refractivity contribution in [3.05, 3.63) is 46.8 Å². The molecule has 1 amide bonds. The Balaban J connectivity index is 2.40. The molecule has 2 N–H and O–H groups in total. The number of primary amides is 1. The lowest BCUT2D eigenvalue weighted by Gasteiger charge is -2.12. The summed E-state index contributed by atoms with van der Waals surface area (Å²) < 4.78 is 1.63. The highest BCUT2D eigenvalue weighted by Gasteiger charge is 2.16. The van der Waals surface area contributed by atoms with Crippen LogP contribution in [-0.2, 0) is 4.79 Å². The summed E-state index contributed by atoms with van der Waals surface area (Å²) in [6.45, 7) is 1.67. The van der Waals surface area contributed by atoms with Gasteiger partial charge in [-0.1, -0.05) is 0 Å². The highest BCUT2D eigenvalue weighted by atomic mass is 16.6. The van der Waals surface area contributed by atoms with Crippen LogP contribution in [0.2, 0.25) is 0 Å². The standard InChI is InChI=1S/C12H12N4O3/c1-8(11(13)17)15-7-6-14-12(15)9-2-4-10(5-3-9)16(18)19/h2-8H,1H3,(H2,13,17). The Bertz CT molecular complexity index is 618. The SMILES string of the molecule is CC(C(N)=O)n1ccnc1-c1ccc([N+](=O)[O-])cc1. The van der Waals surface area contributed by atoms with E-state index in [0.717, 1.165) is 0 Å². The zero-order valence-electron chi connectivity index (χ0n) is 10.2. The third kappa shape index (κ3) is 2.44. The van der Waals surface area contributed by atoms with Crippen LogP contribution in [0.4, 0.5) is 5.69 Å². The van der Waals surface area contributed by atoms with Gasteiger partial charge in [0.1, 0.15) is 11.9 Å². The Morgan fingerprint density at radius 3 is 2.58 bits per heavy atom. The molecule has 0 radical (unpaired) electrons. The number of rotatable bonds is 4. The van der Waals surface area contributed by atoms with E-state index in [-0.39, 0.29) is 5.69 Å². The Labute approximate surface area is 108 Å². The molecule has 0 fully saturated rings. The number of benzene rings is 1. The van der Waals surface area contributed by atoms with Crippen molar-refractivity contribution in [3.8, 4) is 11.4 Å². The molecule has 0 saturated carbocycles. The van der Waals surface area contributed by atoms with E-state index < -0.39 is 16.9 Å². The number of aromatic nitrogens is 2. The molecule has 2 aromatic rings. The third-order valence-electron chi connectivity index (χ3n) is 2.83.